The normalized spacial score (nSPS) is 22.5. The van der Waals surface area contributed by atoms with Crippen LogP contribution in [0.5, 0.6) is 0 Å². The largest absolute Gasteiger partial charge is 0.408 e. The Hall–Kier alpha value is -3.19. The molecule has 13 heteroatoms. The molecular formula is C22H26F3N7O3. The highest BCUT2D eigenvalue weighted by molar-refractivity contribution is 5.99. The molecule has 0 radical (unpaired) electrons. The maximum atomic E-state index is 14.0. The molecule has 2 aliphatic heterocycles. The fourth-order valence-electron chi connectivity index (χ4n) is 5.01. The minimum atomic E-state index is -4.61. The first-order chi connectivity index (χ1) is 16.7. The van der Waals surface area contributed by atoms with E-state index in [2.05, 4.69) is 15.3 Å². The van der Waals surface area contributed by atoms with Crippen LogP contribution in [0.3, 0.4) is 0 Å². The second-order valence-electron chi connectivity index (χ2n) is 9.02. The second kappa shape index (κ2) is 8.48. The number of carbonyl (C=O) groups excluding carboxylic acids is 1. The summed E-state index contributed by atoms with van der Waals surface area (Å²) < 4.78 is 48.8. The molecule has 1 unspecified atom stereocenters. The van der Waals surface area contributed by atoms with Crippen LogP contribution in [-0.4, -0.2) is 71.0 Å². The molecule has 0 bridgehead atoms. The fourth-order valence-corrected chi connectivity index (χ4v) is 5.01. The van der Waals surface area contributed by atoms with Crippen molar-refractivity contribution in [2.24, 2.45) is 5.73 Å². The monoisotopic (exact) mass is 493 g/mol. The van der Waals surface area contributed by atoms with Gasteiger partial charge < -0.3 is 25.6 Å². The van der Waals surface area contributed by atoms with Crippen molar-refractivity contribution < 1.29 is 22.7 Å². The zero-order valence-corrected chi connectivity index (χ0v) is 19.1. The lowest BCUT2D eigenvalue weighted by atomic mass is 9.96. The molecule has 2 aromatic rings. The quantitative estimate of drug-likeness (QED) is 0.435. The topological polar surface area (TPSA) is 119 Å². The van der Waals surface area contributed by atoms with Gasteiger partial charge in [-0.2, -0.15) is 18.2 Å². The van der Waals surface area contributed by atoms with Crippen molar-refractivity contribution >= 4 is 23.4 Å². The molecule has 10 nitrogen and oxygen atoms in total. The van der Waals surface area contributed by atoms with E-state index in [1.54, 1.807) is 13.1 Å². The van der Waals surface area contributed by atoms with Crippen molar-refractivity contribution in [2.75, 3.05) is 42.0 Å². The van der Waals surface area contributed by atoms with Gasteiger partial charge in [0, 0.05) is 38.0 Å². The standard InChI is InChI=1S/C22H26F3N7O3/c1-27-17-3-2-13(9-28-17)14(33)10-31-15(22(23,24)25)4-7-30-19(34)8-18(29-20(30)31)32-11-16(35-12-26)21(32)5-6-21/h2-3,8-9,15-16H,4-7,10-12,26H2,1H3,(H,27,28)/t15-,16?/m0/s1. The summed E-state index contributed by atoms with van der Waals surface area (Å²) in [6.45, 7) is -0.227. The number of hydrogen-bond acceptors (Lipinski definition) is 9. The van der Waals surface area contributed by atoms with Crippen LogP contribution < -0.4 is 26.4 Å². The third-order valence-corrected chi connectivity index (χ3v) is 7.09. The Kier molecular flexibility index (Phi) is 5.71. The number of anilines is 3. The van der Waals surface area contributed by atoms with Crippen molar-refractivity contribution in [1.82, 2.24) is 14.5 Å². The minimum Gasteiger partial charge on any atom is -0.373 e. The highest BCUT2D eigenvalue weighted by atomic mass is 19.4. The Morgan fingerprint density at radius 1 is 1.34 bits per heavy atom. The number of fused-ring (bicyclic) bond motifs is 1. The number of carbonyl (C=O) groups is 1. The number of rotatable bonds is 7. The summed E-state index contributed by atoms with van der Waals surface area (Å²) in [5, 5.41) is 2.82. The zero-order valence-electron chi connectivity index (χ0n) is 19.1. The lowest BCUT2D eigenvalue weighted by molar-refractivity contribution is -0.152. The maximum Gasteiger partial charge on any atom is 0.408 e. The number of alkyl halides is 3. The molecule has 5 rings (SSSR count). The van der Waals surface area contributed by atoms with Crippen LogP contribution in [0.15, 0.2) is 29.2 Å². The summed E-state index contributed by atoms with van der Waals surface area (Å²) in [4.78, 5) is 37.3. The molecule has 0 amide bonds. The minimum absolute atomic E-state index is 0.0633. The van der Waals surface area contributed by atoms with Gasteiger partial charge in [-0.05, 0) is 31.4 Å². The van der Waals surface area contributed by atoms with Gasteiger partial charge in [-0.15, -0.1) is 0 Å². The molecule has 1 aliphatic carbocycles. The lowest BCUT2D eigenvalue weighted by Crippen LogP contribution is -2.65. The molecular weight excluding hydrogens is 467 g/mol. The highest BCUT2D eigenvalue weighted by Crippen LogP contribution is 2.54. The van der Waals surface area contributed by atoms with Gasteiger partial charge in [-0.3, -0.25) is 14.2 Å². The molecule has 35 heavy (non-hydrogen) atoms. The molecule has 2 atom stereocenters. The molecule has 1 saturated carbocycles. The molecule has 0 aromatic carbocycles. The molecule has 1 spiro atoms. The molecule has 2 aromatic heterocycles. The second-order valence-corrected chi connectivity index (χ2v) is 9.02. The van der Waals surface area contributed by atoms with Crippen molar-refractivity contribution in [3.63, 3.8) is 0 Å². The van der Waals surface area contributed by atoms with Crippen LogP contribution in [0.25, 0.3) is 0 Å². The molecule has 4 heterocycles. The van der Waals surface area contributed by atoms with Gasteiger partial charge in [0.25, 0.3) is 5.56 Å². The van der Waals surface area contributed by atoms with E-state index in [-0.39, 0.29) is 48.7 Å². The Morgan fingerprint density at radius 3 is 2.71 bits per heavy atom. The van der Waals surface area contributed by atoms with E-state index in [4.69, 9.17) is 10.5 Å². The van der Waals surface area contributed by atoms with Crippen LogP contribution >= 0.6 is 0 Å². The third-order valence-electron chi connectivity index (χ3n) is 7.09. The van der Waals surface area contributed by atoms with Gasteiger partial charge >= 0.3 is 6.18 Å². The van der Waals surface area contributed by atoms with E-state index in [1.165, 1.54) is 22.9 Å². The molecule has 188 valence electrons. The van der Waals surface area contributed by atoms with Crippen LogP contribution in [0.2, 0.25) is 0 Å². The van der Waals surface area contributed by atoms with E-state index in [9.17, 15) is 22.8 Å². The lowest BCUT2D eigenvalue weighted by Gasteiger charge is -2.49. The maximum absolute atomic E-state index is 14.0. The van der Waals surface area contributed by atoms with Crippen LogP contribution in [0.4, 0.5) is 30.8 Å². The Labute approximate surface area is 198 Å². The number of hydrogen-bond donors (Lipinski definition) is 2. The van der Waals surface area contributed by atoms with Crippen molar-refractivity contribution in [1.29, 1.82) is 0 Å². The molecule has 3 N–H and O–H groups in total. The summed E-state index contributed by atoms with van der Waals surface area (Å²) in [6, 6.07) is 2.46. The Morgan fingerprint density at radius 2 is 2.11 bits per heavy atom. The van der Waals surface area contributed by atoms with Crippen LogP contribution in [0.1, 0.15) is 29.6 Å². The van der Waals surface area contributed by atoms with Gasteiger partial charge in [-0.25, -0.2) is 4.98 Å². The smallest absolute Gasteiger partial charge is 0.373 e. The van der Waals surface area contributed by atoms with Crippen molar-refractivity contribution in [3.8, 4) is 0 Å². The number of ketones is 1. The molecule has 1 saturated heterocycles. The van der Waals surface area contributed by atoms with Crippen molar-refractivity contribution in [2.45, 2.75) is 49.7 Å². The third kappa shape index (κ3) is 4.01. The van der Waals surface area contributed by atoms with Gasteiger partial charge in [0.2, 0.25) is 5.95 Å². The Balaban J connectivity index is 1.49. The number of halogens is 3. The molecule has 3 aliphatic rings. The summed E-state index contributed by atoms with van der Waals surface area (Å²) in [5.41, 5.74) is 4.90. The predicted octanol–water partition coefficient (Wildman–Crippen LogP) is 1.36. The Bertz CT molecular complexity index is 1180. The van der Waals surface area contributed by atoms with Crippen molar-refractivity contribution in [3.05, 3.63) is 40.3 Å². The summed E-state index contributed by atoms with van der Waals surface area (Å²) in [6.07, 6.45) is -2.13. The first-order valence-electron chi connectivity index (χ1n) is 11.4. The highest BCUT2D eigenvalue weighted by Gasteiger charge is 2.63. The van der Waals surface area contributed by atoms with Gasteiger partial charge in [0.1, 0.15) is 17.7 Å². The summed E-state index contributed by atoms with van der Waals surface area (Å²) in [7, 11) is 1.66. The summed E-state index contributed by atoms with van der Waals surface area (Å²) in [5.74, 6) is 0.0991. The van der Waals surface area contributed by atoms with Crippen LogP contribution in [0, 0.1) is 0 Å². The van der Waals surface area contributed by atoms with E-state index < -0.39 is 30.1 Å². The van der Waals surface area contributed by atoms with E-state index in [1.807, 2.05) is 4.90 Å². The first-order valence-corrected chi connectivity index (χ1v) is 11.4. The van der Waals surface area contributed by atoms with E-state index in [0.29, 0.717) is 12.4 Å². The van der Waals surface area contributed by atoms with E-state index >= 15 is 0 Å². The number of pyridine rings is 1. The average molecular weight is 493 g/mol. The zero-order chi connectivity index (χ0) is 25.0. The fraction of sp³-hybridized carbons (Fsp3) is 0.545. The number of nitrogens with two attached hydrogens (primary N) is 1. The number of aromatic nitrogens is 3. The SMILES string of the molecule is CNc1ccc(C(=O)CN2c3nc(N4CC(OCN)C45CC5)cc(=O)n3CC[C@H]2C(F)(F)F)cn1. The number of Topliss-reactive ketones (excluding diaryl/α,β-unsaturated/α-hetero) is 1. The number of nitrogens with zero attached hydrogens (tertiary/aromatic N) is 5. The number of ether oxygens (including phenoxy) is 1. The molecule has 2 fully saturated rings. The van der Waals surface area contributed by atoms with Gasteiger partial charge in [0.15, 0.2) is 5.78 Å². The first kappa shape index (κ1) is 23.5. The van der Waals surface area contributed by atoms with Crippen LogP contribution in [-0.2, 0) is 11.3 Å². The average Bonchev–Trinajstić information content (AvgIpc) is 3.65. The number of nitrogens with one attached hydrogen (secondary N) is 1. The predicted molar refractivity (Wildman–Crippen MR) is 122 cm³/mol. The van der Waals surface area contributed by atoms with E-state index in [0.717, 1.165) is 17.7 Å². The van der Waals surface area contributed by atoms with Gasteiger partial charge in [0.05, 0.1) is 24.9 Å². The van der Waals surface area contributed by atoms with Gasteiger partial charge in [-0.1, -0.05) is 0 Å². The summed E-state index contributed by atoms with van der Waals surface area (Å²) >= 11 is 0.